The van der Waals surface area contributed by atoms with Crippen LogP contribution in [-0.2, 0) is 4.79 Å². The smallest absolute Gasteiger partial charge is 0.306 e. The standard InChI is InChI=1S/C22H45NO3/c1-2-3-4-5-6-7-8-9-10-11-12-13-14-15-16-21(22(25)26)17-18-23-19-20-24/h21,23-24H,2-20H2,1H3,(H,25,26). The van der Waals surface area contributed by atoms with E-state index >= 15 is 0 Å². The molecule has 0 fully saturated rings. The molecule has 0 saturated carbocycles. The van der Waals surface area contributed by atoms with E-state index in [0.717, 1.165) is 19.3 Å². The summed E-state index contributed by atoms with van der Waals surface area (Å²) in [5.74, 6) is -0.913. The van der Waals surface area contributed by atoms with Gasteiger partial charge in [0, 0.05) is 6.54 Å². The number of carboxylic acid groups (broad SMARTS) is 1. The number of hydrogen-bond acceptors (Lipinski definition) is 3. The first-order valence-electron chi connectivity index (χ1n) is 11.3. The van der Waals surface area contributed by atoms with Crippen LogP contribution in [0.3, 0.4) is 0 Å². The molecular formula is C22H45NO3. The Morgan fingerprint density at radius 2 is 1.19 bits per heavy atom. The molecule has 0 aromatic carbocycles. The molecule has 26 heavy (non-hydrogen) atoms. The molecule has 1 unspecified atom stereocenters. The second kappa shape index (κ2) is 20.7. The molecule has 0 heterocycles. The molecule has 0 aliphatic heterocycles. The fourth-order valence-electron chi connectivity index (χ4n) is 3.46. The van der Waals surface area contributed by atoms with Crippen LogP contribution in [0.25, 0.3) is 0 Å². The van der Waals surface area contributed by atoms with Gasteiger partial charge in [-0.2, -0.15) is 0 Å². The van der Waals surface area contributed by atoms with Crippen molar-refractivity contribution in [3.8, 4) is 0 Å². The molecule has 0 aliphatic rings. The van der Waals surface area contributed by atoms with Crippen molar-refractivity contribution in [3.63, 3.8) is 0 Å². The number of rotatable bonds is 21. The molecule has 0 aromatic rings. The van der Waals surface area contributed by atoms with Gasteiger partial charge in [0.2, 0.25) is 0 Å². The van der Waals surface area contributed by atoms with E-state index in [2.05, 4.69) is 12.2 Å². The van der Waals surface area contributed by atoms with Gasteiger partial charge in [0.25, 0.3) is 0 Å². The number of aliphatic carboxylic acids is 1. The Bertz CT molecular complexity index is 297. The lowest BCUT2D eigenvalue weighted by atomic mass is 9.97. The highest BCUT2D eigenvalue weighted by Crippen LogP contribution is 2.16. The fraction of sp³-hybridized carbons (Fsp3) is 0.955. The summed E-state index contributed by atoms with van der Waals surface area (Å²) in [6.45, 7) is 3.60. The highest BCUT2D eigenvalue weighted by molar-refractivity contribution is 5.69. The van der Waals surface area contributed by atoms with Gasteiger partial charge in [-0.1, -0.05) is 96.8 Å². The van der Waals surface area contributed by atoms with Crippen LogP contribution in [0.4, 0.5) is 0 Å². The van der Waals surface area contributed by atoms with Crippen LogP contribution in [0.1, 0.15) is 110 Å². The van der Waals surface area contributed by atoms with Gasteiger partial charge < -0.3 is 15.5 Å². The van der Waals surface area contributed by atoms with Crippen LogP contribution in [0.5, 0.6) is 0 Å². The topological polar surface area (TPSA) is 69.6 Å². The Morgan fingerprint density at radius 1 is 0.731 bits per heavy atom. The number of nitrogens with one attached hydrogen (secondary N) is 1. The third kappa shape index (κ3) is 18.2. The summed E-state index contributed by atoms with van der Waals surface area (Å²) in [6, 6.07) is 0. The second-order valence-corrected chi connectivity index (χ2v) is 7.68. The monoisotopic (exact) mass is 371 g/mol. The van der Waals surface area contributed by atoms with Gasteiger partial charge in [-0.3, -0.25) is 4.79 Å². The summed E-state index contributed by atoms with van der Waals surface area (Å²) in [5, 5.41) is 21.0. The molecule has 0 bridgehead atoms. The van der Waals surface area contributed by atoms with Crippen LogP contribution >= 0.6 is 0 Å². The largest absolute Gasteiger partial charge is 0.481 e. The number of hydrogen-bond donors (Lipinski definition) is 3. The fourth-order valence-corrected chi connectivity index (χ4v) is 3.46. The predicted molar refractivity (Wildman–Crippen MR) is 111 cm³/mol. The molecule has 3 N–H and O–H groups in total. The highest BCUT2D eigenvalue weighted by Gasteiger charge is 2.16. The molecule has 0 amide bonds. The molecule has 4 nitrogen and oxygen atoms in total. The minimum atomic E-state index is -0.675. The molecule has 0 aliphatic carbocycles. The third-order valence-corrected chi connectivity index (χ3v) is 5.21. The predicted octanol–water partition coefficient (Wildman–Crippen LogP) is 5.53. The van der Waals surface area contributed by atoms with E-state index in [0.29, 0.717) is 19.5 Å². The molecule has 156 valence electrons. The van der Waals surface area contributed by atoms with Gasteiger partial charge in [-0.25, -0.2) is 0 Å². The van der Waals surface area contributed by atoms with Crippen molar-refractivity contribution >= 4 is 5.97 Å². The number of aliphatic hydroxyl groups excluding tert-OH is 1. The zero-order valence-corrected chi connectivity index (χ0v) is 17.3. The van der Waals surface area contributed by atoms with Gasteiger partial charge in [0.1, 0.15) is 0 Å². The van der Waals surface area contributed by atoms with Crippen molar-refractivity contribution < 1.29 is 15.0 Å². The maximum Gasteiger partial charge on any atom is 0.306 e. The van der Waals surface area contributed by atoms with Gasteiger partial charge in [-0.15, -0.1) is 0 Å². The van der Waals surface area contributed by atoms with Gasteiger partial charge in [0.15, 0.2) is 0 Å². The Balaban J connectivity index is 3.33. The van der Waals surface area contributed by atoms with E-state index in [1.165, 1.54) is 77.0 Å². The minimum Gasteiger partial charge on any atom is -0.481 e. The van der Waals surface area contributed by atoms with Crippen molar-refractivity contribution in [1.82, 2.24) is 5.32 Å². The van der Waals surface area contributed by atoms with Gasteiger partial charge in [-0.05, 0) is 19.4 Å². The maximum absolute atomic E-state index is 11.3. The molecule has 4 heteroatoms. The average molecular weight is 372 g/mol. The third-order valence-electron chi connectivity index (χ3n) is 5.21. The molecule has 1 atom stereocenters. The van der Waals surface area contributed by atoms with Crippen molar-refractivity contribution in [2.45, 2.75) is 110 Å². The van der Waals surface area contributed by atoms with E-state index in [4.69, 9.17) is 5.11 Å². The Morgan fingerprint density at radius 3 is 1.62 bits per heavy atom. The summed E-state index contributed by atoms with van der Waals surface area (Å²) < 4.78 is 0. The number of aliphatic hydroxyl groups is 1. The molecule has 0 radical (unpaired) electrons. The lowest BCUT2D eigenvalue weighted by Crippen LogP contribution is -2.24. The van der Waals surface area contributed by atoms with Gasteiger partial charge >= 0.3 is 5.97 Å². The molecule has 0 aromatic heterocycles. The Hall–Kier alpha value is -0.610. The lowest BCUT2D eigenvalue weighted by molar-refractivity contribution is -0.142. The summed E-state index contributed by atoms with van der Waals surface area (Å²) in [6.07, 6.45) is 20.0. The molecular weight excluding hydrogens is 326 g/mol. The Labute approximate surface area is 162 Å². The van der Waals surface area contributed by atoms with E-state index in [9.17, 15) is 9.90 Å². The minimum absolute atomic E-state index is 0.108. The van der Waals surface area contributed by atoms with Crippen LogP contribution in [-0.4, -0.2) is 35.9 Å². The first kappa shape index (κ1) is 25.4. The number of carboxylic acids is 1. The highest BCUT2D eigenvalue weighted by atomic mass is 16.4. The summed E-state index contributed by atoms with van der Waals surface area (Å²) in [5.41, 5.74) is 0. The number of unbranched alkanes of at least 4 members (excludes halogenated alkanes) is 13. The van der Waals surface area contributed by atoms with Crippen molar-refractivity contribution in [2.24, 2.45) is 5.92 Å². The summed E-state index contributed by atoms with van der Waals surface area (Å²) in [4.78, 5) is 11.3. The van der Waals surface area contributed by atoms with E-state index < -0.39 is 5.97 Å². The van der Waals surface area contributed by atoms with Crippen molar-refractivity contribution in [2.75, 3.05) is 19.7 Å². The molecule has 0 spiro atoms. The maximum atomic E-state index is 11.3. The average Bonchev–Trinajstić information content (AvgIpc) is 2.63. The first-order chi connectivity index (χ1) is 12.7. The van der Waals surface area contributed by atoms with Gasteiger partial charge in [0.05, 0.1) is 12.5 Å². The van der Waals surface area contributed by atoms with Crippen LogP contribution in [0, 0.1) is 5.92 Å². The summed E-state index contributed by atoms with van der Waals surface area (Å²) in [7, 11) is 0. The van der Waals surface area contributed by atoms with E-state index in [1.807, 2.05) is 0 Å². The van der Waals surface area contributed by atoms with E-state index in [-0.39, 0.29) is 12.5 Å². The zero-order chi connectivity index (χ0) is 19.3. The lowest BCUT2D eigenvalue weighted by Gasteiger charge is -2.12. The first-order valence-corrected chi connectivity index (χ1v) is 11.3. The second-order valence-electron chi connectivity index (χ2n) is 7.68. The van der Waals surface area contributed by atoms with Crippen LogP contribution < -0.4 is 5.32 Å². The SMILES string of the molecule is CCCCCCCCCCCCCCCCC(CCNCCO)C(=O)O. The van der Waals surface area contributed by atoms with Crippen molar-refractivity contribution in [1.29, 1.82) is 0 Å². The summed E-state index contributed by atoms with van der Waals surface area (Å²) >= 11 is 0. The number of carbonyl (C=O) groups is 1. The normalized spacial score (nSPS) is 12.4. The van der Waals surface area contributed by atoms with Crippen molar-refractivity contribution in [3.05, 3.63) is 0 Å². The van der Waals surface area contributed by atoms with Crippen LogP contribution in [0.15, 0.2) is 0 Å². The quantitative estimate of drug-likeness (QED) is 0.232. The van der Waals surface area contributed by atoms with Crippen LogP contribution in [0.2, 0.25) is 0 Å². The molecule has 0 rings (SSSR count). The zero-order valence-electron chi connectivity index (χ0n) is 17.3. The van der Waals surface area contributed by atoms with E-state index in [1.54, 1.807) is 0 Å². The Kier molecular flexibility index (Phi) is 20.2. The molecule has 0 saturated heterocycles.